The van der Waals surface area contributed by atoms with Crippen LogP contribution in [0.5, 0.6) is 5.75 Å². The first-order chi connectivity index (χ1) is 11.3. The highest BCUT2D eigenvalue weighted by atomic mass is 19.4. The fourth-order valence-corrected chi connectivity index (χ4v) is 3.53. The van der Waals surface area contributed by atoms with Crippen LogP contribution in [-0.2, 0) is 11.0 Å². The summed E-state index contributed by atoms with van der Waals surface area (Å²) >= 11 is 0. The Hall–Kier alpha value is -1.76. The van der Waals surface area contributed by atoms with Gasteiger partial charge in [0.1, 0.15) is 5.75 Å². The average Bonchev–Trinajstić information content (AvgIpc) is 2.89. The molecule has 2 aliphatic rings. The van der Waals surface area contributed by atoms with Crippen LogP contribution in [0.1, 0.15) is 31.2 Å². The molecule has 2 heterocycles. The van der Waals surface area contributed by atoms with Crippen LogP contribution in [0, 0.1) is 0 Å². The van der Waals surface area contributed by atoms with Gasteiger partial charge in [0.05, 0.1) is 5.56 Å². The molecule has 2 unspecified atom stereocenters. The monoisotopic (exact) mass is 342 g/mol. The summed E-state index contributed by atoms with van der Waals surface area (Å²) in [5.41, 5.74) is -0.733. The molecule has 0 aliphatic carbocycles. The van der Waals surface area contributed by atoms with E-state index in [1.54, 1.807) is 11.9 Å². The SMILES string of the molecule is CN(C(=O)COc1ccc(C(F)(F)F)cc1)C1CC2CCC(C1)N2. The van der Waals surface area contributed by atoms with Gasteiger partial charge in [-0.15, -0.1) is 0 Å². The van der Waals surface area contributed by atoms with Gasteiger partial charge in [-0.05, 0) is 49.9 Å². The van der Waals surface area contributed by atoms with Gasteiger partial charge in [-0.3, -0.25) is 4.79 Å². The Morgan fingerprint density at radius 1 is 1.21 bits per heavy atom. The van der Waals surface area contributed by atoms with E-state index in [0.717, 1.165) is 37.8 Å². The highest BCUT2D eigenvalue weighted by Gasteiger charge is 2.36. The zero-order valence-corrected chi connectivity index (χ0v) is 13.5. The molecule has 0 saturated carbocycles. The summed E-state index contributed by atoms with van der Waals surface area (Å²) in [5.74, 6) is 0.108. The lowest BCUT2D eigenvalue weighted by Gasteiger charge is -2.35. The summed E-state index contributed by atoms with van der Waals surface area (Å²) in [4.78, 5) is 14.0. The van der Waals surface area contributed by atoms with E-state index in [-0.39, 0.29) is 24.3 Å². The summed E-state index contributed by atoms with van der Waals surface area (Å²) in [7, 11) is 1.77. The van der Waals surface area contributed by atoms with E-state index in [1.807, 2.05) is 0 Å². The molecule has 2 atom stereocenters. The molecule has 132 valence electrons. The van der Waals surface area contributed by atoms with E-state index in [1.165, 1.54) is 12.1 Å². The number of nitrogens with zero attached hydrogens (tertiary/aromatic N) is 1. The summed E-state index contributed by atoms with van der Waals surface area (Å²) in [5, 5.41) is 3.53. The van der Waals surface area contributed by atoms with Crippen molar-refractivity contribution in [2.75, 3.05) is 13.7 Å². The van der Waals surface area contributed by atoms with Crippen molar-refractivity contribution in [3.8, 4) is 5.75 Å². The molecular formula is C17H21F3N2O2. The molecule has 0 radical (unpaired) electrons. The Morgan fingerprint density at radius 3 is 2.33 bits per heavy atom. The van der Waals surface area contributed by atoms with Crippen LogP contribution in [0.3, 0.4) is 0 Å². The molecular weight excluding hydrogens is 321 g/mol. The van der Waals surface area contributed by atoms with Gasteiger partial charge in [-0.1, -0.05) is 0 Å². The van der Waals surface area contributed by atoms with Crippen LogP contribution in [0.2, 0.25) is 0 Å². The predicted octanol–water partition coefficient (Wildman–Crippen LogP) is 2.83. The van der Waals surface area contributed by atoms with Gasteiger partial charge >= 0.3 is 6.18 Å². The summed E-state index contributed by atoms with van der Waals surface area (Å²) in [6.07, 6.45) is -0.169. The fourth-order valence-electron chi connectivity index (χ4n) is 3.53. The molecule has 4 nitrogen and oxygen atoms in total. The lowest BCUT2D eigenvalue weighted by molar-refractivity contribution is -0.138. The van der Waals surface area contributed by atoms with Crippen molar-refractivity contribution in [3.63, 3.8) is 0 Å². The largest absolute Gasteiger partial charge is 0.484 e. The number of benzene rings is 1. The van der Waals surface area contributed by atoms with E-state index >= 15 is 0 Å². The van der Waals surface area contributed by atoms with Gasteiger partial charge < -0.3 is 15.0 Å². The molecule has 2 fully saturated rings. The molecule has 2 aliphatic heterocycles. The molecule has 1 aromatic rings. The smallest absolute Gasteiger partial charge is 0.416 e. The number of carbonyl (C=O) groups excluding carboxylic acids is 1. The van der Waals surface area contributed by atoms with Gasteiger partial charge in [-0.25, -0.2) is 0 Å². The van der Waals surface area contributed by atoms with Crippen LogP contribution in [0.4, 0.5) is 13.2 Å². The van der Waals surface area contributed by atoms with E-state index in [2.05, 4.69) is 5.32 Å². The van der Waals surface area contributed by atoms with Gasteiger partial charge in [0.25, 0.3) is 5.91 Å². The van der Waals surface area contributed by atoms with Crippen molar-refractivity contribution in [2.24, 2.45) is 0 Å². The molecule has 0 aromatic heterocycles. The predicted molar refractivity (Wildman–Crippen MR) is 82.7 cm³/mol. The van der Waals surface area contributed by atoms with Crippen molar-refractivity contribution in [3.05, 3.63) is 29.8 Å². The first-order valence-corrected chi connectivity index (χ1v) is 8.14. The van der Waals surface area contributed by atoms with Gasteiger partial charge in [0.2, 0.25) is 0 Å². The first-order valence-electron chi connectivity index (χ1n) is 8.14. The molecule has 0 spiro atoms. The number of likely N-dealkylation sites (N-methyl/N-ethyl adjacent to an activating group) is 1. The minimum atomic E-state index is -4.37. The van der Waals surface area contributed by atoms with Crippen LogP contribution in [-0.4, -0.2) is 42.6 Å². The number of fused-ring (bicyclic) bond motifs is 2. The summed E-state index contributed by atoms with van der Waals surface area (Å²) in [6, 6.07) is 5.55. The maximum Gasteiger partial charge on any atom is 0.416 e. The number of rotatable bonds is 4. The third-order valence-electron chi connectivity index (χ3n) is 4.93. The summed E-state index contributed by atoms with van der Waals surface area (Å²) in [6.45, 7) is -0.166. The highest BCUT2D eigenvalue weighted by Crippen LogP contribution is 2.31. The second-order valence-corrected chi connectivity index (χ2v) is 6.58. The maximum absolute atomic E-state index is 12.5. The molecule has 1 aromatic carbocycles. The molecule has 7 heteroatoms. The highest BCUT2D eigenvalue weighted by molar-refractivity contribution is 5.77. The first kappa shape index (κ1) is 17.1. The van der Waals surface area contributed by atoms with Crippen LogP contribution in [0.15, 0.2) is 24.3 Å². The number of hydrogen-bond acceptors (Lipinski definition) is 3. The van der Waals surface area contributed by atoms with Gasteiger partial charge in [0.15, 0.2) is 6.61 Å². The van der Waals surface area contributed by atoms with Gasteiger partial charge in [-0.2, -0.15) is 13.2 Å². The third-order valence-corrected chi connectivity index (χ3v) is 4.93. The number of piperidine rings is 1. The van der Waals surface area contributed by atoms with Crippen molar-refractivity contribution >= 4 is 5.91 Å². The standard InChI is InChI=1S/C17H21F3N2O2/c1-22(14-8-12-4-5-13(9-14)21-12)16(23)10-24-15-6-2-11(3-7-15)17(18,19)20/h2-3,6-7,12-14,21H,4-5,8-10H2,1H3. The number of hydrogen-bond donors (Lipinski definition) is 1. The molecule has 24 heavy (non-hydrogen) atoms. The van der Waals surface area contributed by atoms with E-state index in [4.69, 9.17) is 4.74 Å². The number of halogens is 3. The Balaban J connectivity index is 1.51. The topological polar surface area (TPSA) is 41.6 Å². The maximum atomic E-state index is 12.5. The van der Waals surface area contributed by atoms with Crippen molar-refractivity contribution < 1.29 is 22.7 Å². The van der Waals surface area contributed by atoms with E-state index < -0.39 is 11.7 Å². The quantitative estimate of drug-likeness (QED) is 0.915. The fraction of sp³-hybridized carbons (Fsp3) is 0.588. The second-order valence-electron chi connectivity index (χ2n) is 6.58. The Bertz CT molecular complexity index is 576. The van der Waals surface area contributed by atoms with Crippen molar-refractivity contribution in [2.45, 2.75) is 50.0 Å². The zero-order valence-electron chi connectivity index (χ0n) is 13.5. The van der Waals surface area contributed by atoms with Crippen molar-refractivity contribution in [1.82, 2.24) is 10.2 Å². The Morgan fingerprint density at radius 2 is 1.79 bits per heavy atom. The number of ether oxygens (including phenoxy) is 1. The number of amides is 1. The third kappa shape index (κ3) is 3.83. The minimum Gasteiger partial charge on any atom is -0.484 e. The van der Waals surface area contributed by atoms with Crippen molar-refractivity contribution in [1.29, 1.82) is 0 Å². The lowest BCUT2D eigenvalue weighted by atomic mass is 9.98. The Labute approximate surface area is 139 Å². The second kappa shape index (κ2) is 6.63. The number of carbonyl (C=O) groups is 1. The summed E-state index contributed by atoms with van der Waals surface area (Å²) < 4.78 is 42.9. The number of alkyl halides is 3. The normalized spacial score (nSPS) is 26.2. The van der Waals surface area contributed by atoms with Crippen LogP contribution in [0.25, 0.3) is 0 Å². The lowest BCUT2D eigenvalue weighted by Crippen LogP contribution is -2.49. The van der Waals surface area contributed by atoms with Crippen LogP contribution >= 0.6 is 0 Å². The van der Waals surface area contributed by atoms with E-state index in [9.17, 15) is 18.0 Å². The Kier molecular flexibility index (Phi) is 4.71. The molecule has 3 rings (SSSR count). The average molecular weight is 342 g/mol. The molecule has 1 N–H and O–H groups in total. The molecule has 2 saturated heterocycles. The number of nitrogens with one attached hydrogen (secondary N) is 1. The molecule has 2 bridgehead atoms. The zero-order chi connectivity index (χ0) is 17.3. The van der Waals surface area contributed by atoms with E-state index in [0.29, 0.717) is 12.1 Å². The minimum absolute atomic E-state index is 0.152. The van der Waals surface area contributed by atoms with Crippen LogP contribution < -0.4 is 10.1 Å². The van der Waals surface area contributed by atoms with Gasteiger partial charge in [0, 0.05) is 25.2 Å². The molecule has 1 amide bonds.